The number of para-hydroxylation sites is 1. The smallest absolute Gasteiger partial charge is 0.314 e. The maximum absolute atomic E-state index is 13.4. The fourth-order valence-electron chi connectivity index (χ4n) is 2.02. The Hall–Kier alpha value is -2.76. The summed E-state index contributed by atoms with van der Waals surface area (Å²) in [5, 5.41) is 4.31. The van der Waals surface area contributed by atoms with Crippen molar-refractivity contribution in [3.05, 3.63) is 59.2 Å². The van der Waals surface area contributed by atoms with E-state index in [-0.39, 0.29) is 0 Å². The van der Waals surface area contributed by atoms with E-state index in [1.165, 1.54) is 0 Å². The molecule has 0 bridgehead atoms. The van der Waals surface area contributed by atoms with Crippen molar-refractivity contribution in [2.24, 2.45) is 0 Å². The van der Waals surface area contributed by atoms with Gasteiger partial charge in [-0.25, -0.2) is 8.78 Å². The fraction of sp³-hybridized carbons (Fsp3) is 0.125. The van der Waals surface area contributed by atoms with Gasteiger partial charge in [0.2, 0.25) is 0 Å². The van der Waals surface area contributed by atoms with Crippen molar-refractivity contribution >= 4 is 23.2 Å². The third kappa shape index (κ3) is 3.66. The quantitative estimate of drug-likeness (QED) is 0.837. The van der Waals surface area contributed by atoms with Crippen molar-refractivity contribution in [2.75, 3.05) is 10.6 Å². The highest BCUT2D eigenvalue weighted by atomic mass is 19.1. The van der Waals surface area contributed by atoms with Crippen molar-refractivity contribution in [3.63, 3.8) is 0 Å². The molecule has 0 aliphatic heterocycles. The van der Waals surface area contributed by atoms with Crippen molar-refractivity contribution in [2.45, 2.75) is 13.8 Å². The second-order valence-electron chi connectivity index (χ2n) is 4.88. The summed E-state index contributed by atoms with van der Waals surface area (Å²) in [6.07, 6.45) is 0. The third-order valence-corrected chi connectivity index (χ3v) is 2.89. The highest BCUT2D eigenvalue weighted by Gasteiger charge is 2.18. The summed E-state index contributed by atoms with van der Waals surface area (Å²) < 4.78 is 26.8. The summed E-state index contributed by atoms with van der Waals surface area (Å²) in [7, 11) is 0. The molecule has 114 valence electrons. The van der Waals surface area contributed by atoms with E-state index in [2.05, 4.69) is 5.32 Å². The number of nitrogens with one attached hydrogen (secondary N) is 2. The zero-order valence-corrected chi connectivity index (χ0v) is 12.0. The number of carbonyl (C=O) groups excluding carboxylic acids is 2. The number of halogens is 2. The number of rotatable bonds is 2. The minimum absolute atomic E-state index is 0.437. The molecule has 2 N–H and O–H groups in total. The van der Waals surface area contributed by atoms with Gasteiger partial charge in [0.05, 0.1) is 0 Å². The first-order valence-corrected chi connectivity index (χ1v) is 6.51. The molecular formula is C16H14F2N2O2. The average Bonchev–Trinajstić information content (AvgIpc) is 2.41. The summed E-state index contributed by atoms with van der Waals surface area (Å²) in [4.78, 5) is 23.5. The van der Waals surface area contributed by atoms with Gasteiger partial charge in [0.25, 0.3) is 0 Å². The maximum atomic E-state index is 13.4. The van der Waals surface area contributed by atoms with E-state index in [0.717, 1.165) is 29.3 Å². The van der Waals surface area contributed by atoms with Crippen molar-refractivity contribution in [3.8, 4) is 0 Å². The van der Waals surface area contributed by atoms with Crippen LogP contribution in [0.4, 0.5) is 20.2 Å². The number of carbonyl (C=O) groups is 2. The van der Waals surface area contributed by atoms with Crippen LogP contribution in [0.25, 0.3) is 0 Å². The highest BCUT2D eigenvalue weighted by molar-refractivity contribution is 6.43. The lowest BCUT2D eigenvalue weighted by atomic mass is 10.1. The Morgan fingerprint density at radius 1 is 0.864 bits per heavy atom. The molecule has 22 heavy (non-hydrogen) atoms. The molecule has 0 saturated heterocycles. The molecule has 0 saturated carbocycles. The van der Waals surface area contributed by atoms with Crippen LogP contribution in [-0.4, -0.2) is 11.8 Å². The Bertz CT molecular complexity index is 704. The van der Waals surface area contributed by atoms with E-state index in [1.54, 1.807) is 12.1 Å². The SMILES string of the molecule is Cc1cc(C)cc(NC(=O)C(=O)Nc2c(F)cccc2F)c1. The predicted octanol–water partition coefficient (Wildman–Crippen LogP) is 3.16. The van der Waals surface area contributed by atoms with Gasteiger partial charge in [-0.1, -0.05) is 12.1 Å². The molecule has 2 rings (SSSR count). The van der Waals surface area contributed by atoms with Crippen LogP contribution in [0, 0.1) is 25.5 Å². The molecular weight excluding hydrogens is 290 g/mol. The van der Waals surface area contributed by atoms with E-state index in [9.17, 15) is 18.4 Å². The van der Waals surface area contributed by atoms with Crippen molar-refractivity contribution < 1.29 is 18.4 Å². The third-order valence-electron chi connectivity index (χ3n) is 2.89. The van der Waals surface area contributed by atoms with E-state index in [1.807, 2.05) is 25.2 Å². The van der Waals surface area contributed by atoms with Crippen LogP contribution < -0.4 is 10.6 Å². The Morgan fingerprint density at radius 2 is 1.36 bits per heavy atom. The maximum Gasteiger partial charge on any atom is 0.314 e. The number of aryl methyl sites for hydroxylation is 2. The number of benzene rings is 2. The first-order chi connectivity index (χ1) is 10.4. The Balaban J connectivity index is 2.11. The van der Waals surface area contributed by atoms with Crippen LogP contribution >= 0.6 is 0 Å². The normalized spacial score (nSPS) is 10.2. The van der Waals surface area contributed by atoms with Crippen molar-refractivity contribution in [1.29, 1.82) is 0 Å². The molecule has 4 nitrogen and oxygen atoms in total. The van der Waals surface area contributed by atoms with Gasteiger partial charge in [-0.3, -0.25) is 9.59 Å². The summed E-state index contributed by atoms with van der Waals surface area (Å²) in [6, 6.07) is 8.41. The zero-order chi connectivity index (χ0) is 16.3. The number of hydrogen-bond donors (Lipinski definition) is 2. The van der Waals surface area contributed by atoms with E-state index < -0.39 is 29.1 Å². The molecule has 0 spiro atoms. The van der Waals surface area contributed by atoms with Gasteiger partial charge in [-0.2, -0.15) is 0 Å². The van der Waals surface area contributed by atoms with E-state index >= 15 is 0 Å². The standard InChI is InChI=1S/C16H14F2N2O2/c1-9-6-10(2)8-11(7-9)19-15(21)16(22)20-14-12(17)4-3-5-13(14)18/h3-8H,1-2H3,(H,19,21)(H,20,22). The number of amides is 2. The second-order valence-corrected chi connectivity index (χ2v) is 4.88. The molecule has 0 radical (unpaired) electrons. The largest absolute Gasteiger partial charge is 0.318 e. The predicted molar refractivity (Wildman–Crippen MR) is 79.5 cm³/mol. The molecule has 0 aliphatic rings. The summed E-state index contributed by atoms with van der Waals surface area (Å²) >= 11 is 0. The summed E-state index contributed by atoms with van der Waals surface area (Å²) in [6.45, 7) is 3.69. The molecule has 2 amide bonds. The van der Waals surface area contributed by atoms with Crippen LogP contribution in [0.5, 0.6) is 0 Å². The molecule has 0 atom stereocenters. The van der Waals surface area contributed by atoms with Gasteiger partial charge < -0.3 is 10.6 Å². The lowest BCUT2D eigenvalue weighted by Gasteiger charge is -2.09. The molecule has 0 aliphatic carbocycles. The Kier molecular flexibility index (Phi) is 4.50. The van der Waals surface area contributed by atoms with Crippen LogP contribution in [-0.2, 0) is 9.59 Å². The van der Waals surface area contributed by atoms with E-state index in [0.29, 0.717) is 5.69 Å². The molecule has 2 aromatic rings. The zero-order valence-electron chi connectivity index (χ0n) is 12.0. The van der Waals surface area contributed by atoms with Crippen LogP contribution in [0.2, 0.25) is 0 Å². The van der Waals surface area contributed by atoms with Gasteiger partial charge in [0.1, 0.15) is 17.3 Å². The molecule has 0 aromatic heterocycles. The molecule has 0 unspecified atom stereocenters. The molecule has 2 aromatic carbocycles. The first-order valence-electron chi connectivity index (χ1n) is 6.51. The molecule has 0 heterocycles. The topological polar surface area (TPSA) is 58.2 Å². The first kappa shape index (κ1) is 15.6. The summed E-state index contributed by atoms with van der Waals surface area (Å²) in [5.74, 6) is -4.06. The van der Waals surface area contributed by atoms with Crippen LogP contribution in [0.3, 0.4) is 0 Å². The Labute approximate surface area is 126 Å². The minimum atomic E-state index is -1.15. The molecule has 6 heteroatoms. The summed E-state index contributed by atoms with van der Waals surface area (Å²) in [5.41, 5.74) is 1.61. The van der Waals surface area contributed by atoms with Gasteiger partial charge in [0.15, 0.2) is 0 Å². The lowest BCUT2D eigenvalue weighted by molar-refractivity contribution is -0.133. The Morgan fingerprint density at radius 3 is 1.91 bits per heavy atom. The fourth-order valence-corrected chi connectivity index (χ4v) is 2.02. The number of hydrogen-bond acceptors (Lipinski definition) is 2. The molecule has 0 fully saturated rings. The lowest BCUT2D eigenvalue weighted by Crippen LogP contribution is -2.29. The average molecular weight is 304 g/mol. The monoisotopic (exact) mass is 304 g/mol. The minimum Gasteiger partial charge on any atom is -0.318 e. The number of anilines is 2. The van der Waals surface area contributed by atoms with E-state index in [4.69, 9.17) is 0 Å². The van der Waals surface area contributed by atoms with Crippen molar-refractivity contribution in [1.82, 2.24) is 0 Å². The highest BCUT2D eigenvalue weighted by Crippen LogP contribution is 2.18. The van der Waals surface area contributed by atoms with Gasteiger partial charge in [0, 0.05) is 5.69 Å². The second kappa shape index (κ2) is 6.34. The van der Waals surface area contributed by atoms with Crippen LogP contribution in [0.1, 0.15) is 11.1 Å². The van der Waals surface area contributed by atoms with Gasteiger partial charge >= 0.3 is 11.8 Å². The van der Waals surface area contributed by atoms with Crippen LogP contribution in [0.15, 0.2) is 36.4 Å². The van der Waals surface area contributed by atoms with Gasteiger partial charge in [-0.05, 0) is 49.2 Å². The van der Waals surface area contributed by atoms with Gasteiger partial charge in [-0.15, -0.1) is 0 Å².